The molecule has 1 aromatic heterocycles. The van der Waals surface area contributed by atoms with E-state index in [4.69, 9.17) is 9.47 Å². The largest absolute Gasteiger partial charge is 0.478 e. The molecule has 0 bridgehead atoms. The first-order chi connectivity index (χ1) is 9.11. The number of aliphatic hydroxyl groups is 1. The van der Waals surface area contributed by atoms with Crippen molar-refractivity contribution in [2.45, 2.75) is 32.3 Å². The molecule has 2 N–H and O–H groups in total. The molecule has 0 unspecified atom stereocenters. The van der Waals surface area contributed by atoms with Crippen LogP contribution in [-0.2, 0) is 4.74 Å². The maximum absolute atomic E-state index is 10.4. The second-order valence-electron chi connectivity index (χ2n) is 4.76. The second kappa shape index (κ2) is 6.16. The minimum absolute atomic E-state index is 0.457. The number of aryl methyl sites for hydroxylation is 1. The lowest BCUT2D eigenvalue weighted by atomic mass is 9.94. The van der Waals surface area contributed by atoms with E-state index in [1.807, 2.05) is 13.8 Å². The van der Waals surface area contributed by atoms with Crippen molar-refractivity contribution < 1.29 is 14.6 Å². The Labute approximate surface area is 113 Å². The first-order valence-electron chi connectivity index (χ1n) is 6.64. The molecule has 6 heteroatoms. The Balaban J connectivity index is 1.98. The van der Waals surface area contributed by atoms with E-state index in [-0.39, 0.29) is 0 Å². The summed E-state index contributed by atoms with van der Waals surface area (Å²) >= 11 is 0. The molecule has 0 atom stereocenters. The van der Waals surface area contributed by atoms with E-state index in [1.165, 1.54) is 0 Å². The van der Waals surface area contributed by atoms with Crippen molar-refractivity contribution in [3.63, 3.8) is 0 Å². The lowest BCUT2D eigenvalue weighted by Gasteiger charge is -2.32. The van der Waals surface area contributed by atoms with Crippen LogP contribution >= 0.6 is 0 Å². The Morgan fingerprint density at radius 2 is 2.16 bits per heavy atom. The van der Waals surface area contributed by atoms with Gasteiger partial charge < -0.3 is 19.9 Å². The molecule has 0 radical (unpaired) electrons. The van der Waals surface area contributed by atoms with Gasteiger partial charge in [-0.15, -0.1) is 0 Å². The summed E-state index contributed by atoms with van der Waals surface area (Å²) in [7, 11) is 0. The van der Waals surface area contributed by atoms with Crippen molar-refractivity contribution in [1.82, 2.24) is 9.97 Å². The van der Waals surface area contributed by atoms with Crippen molar-refractivity contribution in [3.8, 4) is 5.88 Å². The zero-order chi connectivity index (χ0) is 13.7. The van der Waals surface area contributed by atoms with Crippen molar-refractivity contribution in [2.75, 3.05) is 31.7 Å². The fraction of sp³-hybridized carbons (Fsp3) is 0.692. The first-order valence-corrected chi connectivity index (χ1v) is 6.64. The first kappa shape index (κ1) is 14.0. The minimum atomic E-state index is -0.719. The second-order valence-corrected chi connectivity index (χ2v) is 4.76. The molecule has 1 fully saturated rings. The van der Waals surface area contributed by atoms with E-state index < -0.39 is 5.60 Å². The van der Waals surface area contributed by atoms with E-state index >= 15 is 0 Å². The quantitative estimate of drug-likeness (QED) is 0.833. The summed E-state index contributed by atoms with van der Waals surface area (Å²) in [5, 5.41) is 13.5. The van der Waals surface area contributed by atoms with Gasteiger partial charge in [-0.1, -0.05) is 0 Å². The highest BCUT2D eigenvalue weighted by molar-refractivity contribution is 5.38. The van der Waals surface area contributed by atoms with Crippen LogP contribution in [0.2, 0.25) is 0 Å². The zero-order valence-electron chi connectivity index (χ0n) is 11.5. The summed E-state index contributed by atoms with van der Waals surface area (Å²) < 4.78 is 10.6. The van der Waals surface area contributed by atoms with Crippen LogP contribution in [0.25, 0.3) is 0 Å². The smallest absolute Gasteiger partial charge is 0.218 e. The maximum Gasteiger partial charge on any atom is 0.218 e. The van der Waals surface area contributed by atoms with E-state index in [2.05, 4.69) is 15.3 Å². The molecule has 0 spiro atoms. The molecular formula is C13H21N3O3. The predicted molar refractivity (Wildman–Crippen MR) is 71.4 cm³/mol. The van der Waals surface area contributed by atoms with Gasteiger partial charge in [0.15, 0.2) is 0 Å². The molecular weight excluding hydrogens is 246 g/mol. The van der Waals surface area contributed by atoms with Crippen LogP contribution in [0.5, 0.6) is 5.88 Å². The SMILES string of the molecule is CCOc1cc(NCC2(O)CCOCC2)nc(C)n1. The lowest BCUT2D eigenvalue weighted by Crippen LogP contribution is -2.42. The summed E-state index contributed by atoms with van der Waals surface area (Å²) in [6.07, 6.45) is 1.28. The van der Waals surface area contributed by atoms with Crippen LogP contribution in [0, 0.1) is 6.92 Å². The van der Waals surface area contributed by atoms with Crippen LogP contribution in [0.3, 0.4) is 0 Å². The standard InChI is InChI=1S/C13H21N3O3/c1-3-19-12-8-11(15-10(2)16-12)14-9-13(17)4-6-18-7-5-13/h8,17H,3-7,9H2,1-2H3,(H,14,15,16). The molecule has 1 aliphatic heterocycles. The number of aromatic nitrogens is 2. The maximum atomic E-state index is 10.4. The summed E-state index contributed by atoms with van der Waals surface area (Å²) in [5.41, 5.74) is -0.719. The molecule has 6 nitrogen and oxygen atoms in total. The Bertz CT molecular complexity index is 420. The summed E-state index contributed by atoms with van der Waals surface area (Å²) in [6, 6.07) is 1.75. The van der Waals surface area contributed by atoms with Gasteiger partial charge in [0, 0.05) is 38.7 Å². The van der Waals surface area contributed by atoms with Crippen LogP contribution in [0.15, 0.2) is 6.07 Å². The van der Waals surface area contributed by atoms with Gasteiger partial charge in [-0.25, -0.2) is 4.98 Å². The van der Waals surface area contributed by atoms with E-state index in [1.54, 1.807) is 6.07 Å². The third kappa shape index (κ3) is 4.04. The fourth-order valence-electron chi connectivity index (χ4n) is 2.04. The topological polar surface area (TPSA) is 76.5 Å². The van der Waals surface area contributed by atoms with Gasteiger partial charge in [0.05, 0.1) is 12.2 Å². The number of hydrogen-bond donors (Lipinski definition) is 2. The number of anilines is 1. The number of nitrogens with zero attached hydrogens (tertiary/aromatic N) is 2. The summed E-state index contributed by atoms with van der Waals surface area (Å²) in [6.45, 7) is 5.96. The highest BCUT2D eigenvalue weighted by atomic mass is 16.5. The summed E-state index contributed by atoms with van der Waals surface area (Å²) in [4.78, 5) is 8.47. The molecule has 2 rings (SSSR count). The molecule has 0 aliphatic carbocycles. The molecule has 1 aliphatic rings. The number of hydrogen-bond acceptors (Lipinski definition) is 6. The molecule has 1 aromatic rings. The third-order valence-electron chi connectivity index (χ3n) is 3.13. The average Bonchev–Trinajstić information content (AvgIpc) is 2.37. The van der Waals surface area contributed by atoms with Crippen molar-refractivity contribution in [2.24, 2.45) is 0 Å². The number of ether oxygens (including phenoxy) is 2. The molecule has 0 amide bonds. The molecule has 1 saturated heterocycles. The van der Waals surface area contributed by atoms with Gasteiger partial charge in [-0.2, -0.15) is 4.98 Å². The fourth-order valence-corrected chi connectivity index (χ4v) is 2.04. The van der Waals surface area contributed by atoms with Gasteiger partial charge in [-0.3, -0.25) is 0 Å². The van der Waals surface area contributed by atoms with E-state index in [0.29, 0.717) is 56.7 Å². The minimum Gasteiger partial charge on any atom is -0.478 e. The van der Waals surface area contributed by atoms with Gasteiger partial charge in [0.25, 0.3) is 0 Å². The average molecular weight is 267 g/mol. The van der Waals surface area contributed by atoms with Crippen molar-refractivity contribution in [3.05, 3.63) is 11.9 Å². The molecule has 0 aromatic carbocycles. The summed E-state index contributed by atoms with van der Waals surface area (Å²) in [5.74, 6) is 1.87. The zero-order valence-corrected chi connectivity index (χ0v) is 11.5. The van der Waals surface area contributed by atoms with Crippen molar-refractivity contribution in [1.29, 1.82) is 0 Å². The Kier molecular flexibility index (Phi) is 4.55. The van der Waals surface area contributed by atoms with Gasteiger partial charge in [0.1, 0.15) is 11.6 Å². The van der Waals surface area contributed by atoms with E-state index in [9.17, 15) is 5.11 Å². The number of rotatable bonds is 5. The van der Waals surface area contributed by atoms with Gasteiger partial charge in [-0.05, 0) is 13.8 Å². The highest BCUT2D eigenvalue weighted by Crippen LogP contribution is 2.21. The Morgan fingerprint density at radius 1 is 1.42 bits per heavy atom. The third-order valence-corrected chi connectivity index (χ3v) is 3.13. The lowest BCUT2D eigenvalue weighted by molar-refractivity contribution is -0.0543. The normalized spacial score (nSPS) is 18.1. The molecule has 106 valence electrons. The monoisotopic (exact) mass is 267 g/mol. The molecule has 0 saturated carbocycles. The van der Waals surface area contributed by atoms with Crippen LogP contribution in [0.1, 0.15) is 25.6 Å². The van der Waals surface area contributed by atoms with Gasteiger partial charge in [0.2, 0.25) is 5.88 Å². The van der Waals surface area contributed by atoms with Crippen molar-refractivity contribution >= 4 is 5.82 Å². The number of nitrogens with one attached hydrogen (secondary N) is 1. The van der Waals surface area contributed by atoms with Crippen LogP contribution in [0.4, 0.5) is 5.82 Å². The Hall–Kier alpha value is -1.40. The van der Waals surface area contributed by atoms with E-state index in [0.717, 1.165) is 0 Å². The predicted octanol–water partition coefficient (Wildman–Crippen LogP) is 1.14. The van der Waals surface area contributed by atoms with Crippen LogP contribution < -0.4 is 10.1 Å². The Morgan fingerprint density at radius 3 is 2.84 bits per heavy atom. The van der Waals surface area contributed by atoms with Gasteiger partial charge >= 0.3 is 0 Å². The molecule has 2 heterocycles. The molecule has 19 heavy (non-hydrogen) atoms. The highest BCUT2D eigenvalue weighted by Gasteiger charge is 2.29. The van der Waals surface area contributed by atoms with Crippen LogP contribution in [-0.4, -0.2) is 47.0 Å².